The molecular formula is C13H18N2O3. The van der Waals surface area contributed by atoms with E-state index in [9.17, 15) is 4.79 Å². The van der Waals surface area contributed by atoms with Gasteiger partial charge in [-0.15, -0.1) is 0 Å². The summed E-state index contributed by atoms with van der Waals surface area (Å²) in [5.41, 5.74) is 0. The van der Waals surface area contributed by atoms with Crippen molar-refractivity contribution in [3.05, 3.63) is 18.3 Å². The molecule has 1 aliphatic heterocycles. The molecule has 0 radical (unpaired) electrons. The van der Waals surface area contributed by atoms with Crippen molar-refractivity contribution in [2.24, 2.45) is 0 Å². The van der Waals surface area contributed by atoms with Crippen LogP contribution >= 0.6 is 0 Å². The zero-order valence-corrected chi connectivity index (χ0v) is 10.8. The zero-order chi connectivity index (χ0) is 13.0. The third-order valence-corrected chi connectivity index (χ3v) is 3.23. The maximum Gasteiger partial charge on any atom is 0.328 e. The summed E-state index contributed by atoms with van der Waals surface area (Å²) < 4.78 is 9.93. The molecule has 1 unspecified atom stereocenters. The minimum atomic E-state index is -0.218. The molecule has 2 rings (SSSR count). The first-order valence-electron chi connectivity index (χ1n) is 6.10. The molecule has 1 aromatic rings. The maximum atomic E-state index is 11.8. The van der Waals surface area contributed by atoms with Crippen molar-refractivity contribution in [3.63, 3.8) is 0 Å². The molecule has 0 saturated carbocycles. The second-order valence-corrected chi connectivity index (χ2v) is 4.28. The van der Waals surface area contributed by atoms with E-state index in [0.29, 0.717) is 5.75 Å². The monoisotopic (exact) mass is 250 g/mol. The van der Waals surface area contributed by atoms with Crippen LogP contribution in [0.5, 0.6) is 5.75 Å². The first kappa shape index (κ1) is 12.7. The molecule has 0 amide bonds. The Balaban J connectivity index is 2.19. The van der Waals surface area contributed by atoms with Gasteiger partial charge >= 0.3 is 5.97 Å². The lowest BCUT2D eigenvalue weighted by molar-refractivity contribution is -0.142. The van der Waals surface area contributed by atoms with E-state index in [1.165, 1.54) is 7.11 Å². The van der Waals surface area contributed by atoms with E-state index in [1.807, 2.05) is 17.0 Å². The van der Waals surface area contributed by atoms with E-state index in [1.54, 1.807) is 13.3 Å². The van der Waals surface area contributed by atoms with E-state index in [2.05, 4.69) is 4.98 Å². The Morgan fingerprint density at radius 3 is 2.83 bits per heavy atom. The largest absolute Gasteiger partial charge is 0.495 e. The highest BCUT2D eigenvalue weighted by Gasteiger charge is 2.30. The molecular weight excluding hydrogens is 232 g/mol. The van der Waals surface area contributed by atoms with Gasteiger partial charge in [-0.2, -0.15) is 0 Å². The molecule has 1 aromatic heterocycles. The number of esters is 1. The van der Waals surface area contributed by atoms with E-state index in [0.717, 1.165) is 31.6 Å². The Kier molecular flexibility index (Phi) is 4.02. The Morgan fingerprint density at radius 1 is 1.39 bits per heavy atom. The van der Waals surface area contributed by atoms with Crippen molar-refractivity contribution >= 4 is 11.8 Å². The van der Waals surface area contributed by atoms with Crippen molar-refractivity contribution in [1.82, 2.24) is 4.98 Å². The number of piperidine rings is 1. The summed E-state index contributed by atoms with van der Waals surface area (Å²) >= 11 is 0. The normalized spacial score (nSPS) is 19.4. The smallest absolute Gasteiger partial charge is 0.328 e. The number of carbonyl (C=O) groups is 1. The third kappa shape index (κ3) is 2.55. The first-order valence-corrected chi connectivity index (χ1v) is 6.10. The predicted octanol–water partition coefficient (Wildman–Crippen LogP) is 1.62. The summed E-state index contributed by atoms with van der Waals surface area (Å²) in [6, 6.07) is 3.51. The number of pyridine rings is 1. The molecule has 0 aliphatic carbocycles. The van der Waals surface area contributed by atoms with Crippen LogP contribution in [0.2, 0.25) is 0 Å². The average Bonchev–Trinajstić information content (AvgIpc) is 2.46. The number of hydrogen-bond donors (Lipinski definition) is 0. The van der Waals surface area contributed by atoms with Gasteiger partial charge in [0.05, 0.1) is 20.4 Å². The molecule has 18 heavy (non-hydrogen) atoms. The van der Waals surface area contributed by atoms with Crippen molar-refractivity contribution < 1.29 is 14.3 Å². The van der Waals surface area contributed by atoms with E-state index < -0.39 is 0 Å². The topological polar surface area (TPSA) is 51.7 Å². The highest BCUT2D eigenvalue weighted by Crippen LogP contribution is 2.25. The van der Waals surface area contributed by atoms with Crippen LogP contribution in [-0.2, 0) is 9.53 Å². The summed E-state index contributed by atoms with van der Waals surface area (Å²) in [5, 5.41) is 0. The number of aromatic nitrogens is 1. The zero-order valence-electron chi connectivity index (χ0n) is 10.8. The van der Waals surface area contributed by atoms with Crippen LogP contribution in [0.15, 0.2) is 18.3 Å². The number of anilines is 1. The molecule has 1 aliphatic rings. The Hall–Kier alpha value is -1.78. The molecule has 2 heterocycles. The minimum absolute atomic E-state index is 0.188. The van der Waals surface area contributed by atoms with Crippen molar-refractivity contribution in [2.45, 2.75) is 25.3 Å². The summed E-state index contributed by atoms with van der Waals surface area (Å²) in [4.78, 5) is 18.1. The molecule has 1 atom stereocenters. The predicted molar refractivity (Wildman–Crippen MR) is 67.8 cm³/mol. The second kappa shape index (κ2) is 5.71. The molecule has 0 aromatic carbocycles. The van der Waals surface area contributed by atoms with Gasteiger partial charge in [-0.1, -0.05) is 0 Å². The van der Waals surface area contributed by atoms with Crippen LogP contribution in [0.3, 0.4) is 0 Å². The molecule has 0 spiro atoms. The number of carbonyl (C=O) groups excluding carboxylic acids is 1. The highest BCUT2D eigenvalue weighted by molar-refractivity contribution is 5.79. The fraction of sp³-hybridized carbons (Fsp3) is 0.538. The van der Waals surface area contributed by atoms with Crippen LogP contribution < -0.4 is 9.64 Å². The molecule has 5 heteroatoms. The fourth-order valence-electron chi connectivity index (χ4n) is 2.25. The van der Waals surface area contributed by atoms with Crippen molar-refractivity contribution in [1.29, 1.82) is 0 Å². The van der Waals surface area contributed by atoms with E-state index >= 15 is 0 Å². The molecule has 98 valence electrons. The van der Waals surface area contributed by atoms with Gasteiger partial charge < -0.3 is 14.4 Å². The van der Waals surface area contributed by atoms with Gasteiger partial charge in [-0.25, -0.2) is 9.78 Å². The average molecular weight is 250 g/mol. The molecule has 1 fully saturated rings. The van der Waals surface area contributed by atoms with Gasteiger partial charge in [0.25, 0.3) is 0 Å². The van der Waals surface area contributed by atoms with Crippen LogP contribution in [0.25, 0.3) is 0 Å². The fourth-order valence-corrected chi connectivity index (χ4v) is 2.25. The molecule has 0 N–H and O–H groups in total. The van der Waals surface area contributed by atoms with Gasteiger partial charge in [0.2, 0.25) is 0 Å². The standard InChI is InChI=1S/C13H18N2O3/c1-17-10-6-7-12(14-9-10)15-8-4-3-5-11(15)13(16)18-2/h6-7,9,11H,3-5,8H2,1-2H3. The van der Waals surface area contributed by atoms with E-state index in [4.69, 9.17) is 9.47 Å². The summed E-state index contributed by atoms with van der Waals surface area (Å²) in [7, 11) is 3.03. The molecule has 1 saturated heterocycles. The lowest BCUT2D eigenvalue weighted by Gasteiger charge is -2.34. The Bertz CT molecular complexity index is 405. The van der Waals surface area contributed by atoms with E-state index in [-0.39, 0.29) is 12.0 Å². The lowest BCUT2D eigenvalue weighted by Crippen LogP contribution is -2.45. The third-order valence-electron chi connectivity index (χ3n) is 3.23. The van der Waals surface area contributed by atoms with Gasteiger partial charge in [-0.3, -0.25) is 0 Å². The number of nitrogens with zero attached hydrogens (tertiary/aromatic N) is 2. The number of rotatable bonds is 3. The minimum Gasteiger partial charge on any atom is -0.495 e. The molecule has 0 bridgehead atoms. The van der Waals surface area contributed by atoms with Gasteiger partial charge in [0.1, 0.15) is 17.6 Å². The summed E-state index contributed by atoms with van der Waals surface area (Å²) in [6.07, 6.45) is 4.60. The number of ether oxygens (including phenoxy) is 2. The Morgan fingerprint density at radius 2 is 2.22 bits per heavy atom. The second-order valence-electron chi connectivity index (χ2n) is 4.28. The SMILES string of the molecule is COC(=O)C1CCCCN1c1ccc(OC)cn1. The summed E-state index contributed by atoms with van der Waals surface area (Å²) in [6.45, 7) is 0.832. The van der Waals surface area contributed by atoms with Crippen LogP contribution in [-0.4, -0.2) is 37.8 Å². The van der Waals surface area contributed by atoms with Crippen molar-refractivity contribution in [2.75, 3.05) is 25.7 Å². The summed E-state index contributed by atoms with van der Waals surface area (Å²) in [5.74, 6) is 1.32. The highest BCUT2D eigenvalue weighted by atomic mass is 16.5. The van der Waals surface area contributed by atoms with Crippen molar-refractivity contribution in [3.8, 4) is 5.75 Å². The number of methoxy groups -OCH3 is 2. The number of hydrogen-bond acceptors (Lipinski definition) is 5. The van der Waals surface area contributed by atoms with Crippen LogP contribution in [0.4, 0.5) is 5.82 Å². The van der Waals surface area contributed by atoms with Crippen LogP contribution in [0.1, 0.15) is 19.3 Å². The molecule has 5 nitrogen and oxygen atoms in total. The quantitative estimate of drug-likeness (QED) is 0.763. The lowest BCUT2D eigenvalue weighted by atomic mass is 10.0. The first-order chi connectivity index (χ1) is 8.76. The Labute approximate surface area is 107 Å². The van der Waals surface area contributed by atoms with Crippen LogP contribution in [0, 0.1) is 0 Å². The van der Waals surface area contributed by atoms with Gasteiger partial charge in [-0.05, 0) is 31.4 Å². The van der Waals surface area contributed by atoms with Gasteiger partial charge in [0, 0.05) is 6.54 Å². The maximum absolute atomic E-state index is 11.8. The van der Waals surface area contributed by atoms with Gasteiger partial charge in [0.15, 0.2) is 0 Å².